The third-order valence-electron chi connectivity index (χ3n) is 2.75. The van der Waals surface area contributed by atoms with E-state index in [4.69, 9.17) is 5.73 Å². The summed E-state index contributed by atoms with van der Waals surface area (Å²) in [7, 11) is 0. The Bertz CT molecular complexity index is 366. The maximum atomic E-state index is 5.72. The Hall–Kier alpha value is -0.900. The molecule has 98 valence electrons. The second-order valence-corrected chi connectivity index (χ2v) is 6.80. The molecule has 0 aliphatic rings. The molecule has 4 nitrogen and oxygen atoms in total. The van der Waals surface area contributed by atoms with Crippen LogP contribution in [0, 0.1) is 5.41 Å². The molecule has 0 fully saturated rings. The van der Waals surface area contributed by atoms with Gasteiger partial charge < -0.3 is 10.3 Å². The molecular weight excluding hydrogens is 212 g/mol. The Morgan fingerprint density at radius 1 is 1.00 bits per heavy atom. The molecule has 1 heterocycles. The molecule has 0 aliphatic carbocycles. The topological polar surface area (TPSA) is 56.7 Å². The van der Waals surface area contributed by atoms with Crippen LogP contribution in [0.1, 0.15) is 59.6 Å². The van der Waals surface area contributed by atoms with Gasteiger partial charge in [-0.05, 0) is 32.6 Å². The van der Waals surface area contributed by atoms with Crippen molar-refractivity contribution < 1.29 is 0 Å². The molecule has 0 radical (unpaired) electrons. The van der Waals surface area contributed by atoms with Crippen molar-refractivity contribution in [1.82, 2.24) is 14.8 Å². The summed E-state index contributed by atoms with van der Waals surface area (Å²) in [4.78, 5) is 0. The SMILES string of the molecule is CC(C)(C)CCc1nnc(CN)n1C(C)(C)C. The number of nitrogens with two attached hydrogens (primary N) is 1. The predicted molar refractivity (Wildman–Crippen MR) is 70.7 cm³/mol. The van der Waals surface area contributed by atoms with Crippen LogP contribution in [0.3, 0.4) is 0 Å². The maximum Gasteiger partial charge on any atom is 0.147 e. The summed E-state index contributed by atoms with van der Waals surface area (Å²) in [5.41, 5.74) is 6.03. The van der Waals surface area contributed by atoms with E-state index in [2.05, 4.69) is 56.3 Å². The normalized spacial score (nSPS) is 13.1. The molecule has 0 unspecified atom stereocenters. The highest BCUT2D eigenvalue weighted by atomic mass is 15.3. The molecule has 0 atom stereocenters. The highest BCUT2D eigenvalue weighted by Crippen LogP contribution is 2.24. The molecule has 1 rings (SSSR count). The largest absolute Gasteiger partial charge is 0.324 e. The van der Waals surface area contributed by atoms with Crippen molar-refractivity contribution >= 4 is 0 Å². The fourth-order valence-electron chi connectivity index (χ4n) is 1.91. The van der Waals surface area contributed by atoms with E-state index in [1.165, 1.54) is 0 Å². The lowest BCUT2D eigenvalue weighted by molar-refractivity contribution is 0.341. The number of aryl methyl sites for hydroxylation is 1. The van der Waals surface area contributed by atoms with Gasteiger partial charge in [-0.15, -0.1) is 10.2 Å². The van der Waals surface area contributed by atoms with Crippen LogP contribution >= 0.6 is 0 Å². The highest BCUT2D eigenvalue weighted by molar-refractivity contribution is 5.01. The summed E-state index contributed by atoms with van der Waals surface area (Å²) in [6.07, 6.45) is 2.06. The predicted octanol–water partition coefficient (Wildman–Crippen LogP) is 2.47. The molecule has 0 aromatic carbocycles. The number of nitrogens with zero attached hydrogens (tertiary/aromatic N) is 3. The Morgan fingerprint density at radius 2 is 1.53 bits per heavy atom. The first kappa shape index (κ1) is 14.2. The average Bonchev–Trinajstić information content (AvgIpc) is 2.55. The summed E-state index contributed by atoms with van der Waals surface area (Å²) in [6, 6.07) is 0. The molecule has 1 aromatic heterocycles. The Kier molecular flexibility index (Phi) is 3.97. The molecule has 17 heavy (non-hydrogen) atoms. The molecule has 0 saturated heterocycles. The van der Waals surface area contributed by atoms with Crippen molar-refractivity contribution in [3.8, 4) is 0 Å². The first-order chi connectivity index (χ1) is 7.65. The molecular formula is C13H26N4. The van der Waals surface area contributed by atoms with E-state index < -0.39 is 0 Å². The Morgan fingerprint density at radius 3 is 1.94 bits per heavy atom. The van der Waals surface area contributed by atoms with E-state index in [1.807, 2.05) is 0 Å². The Balaban J connectivity index is 2.97. The van der Waals surface area contributed by atoms with Crippen molar-refractivity contribution in [2.24, 2.45) is 11.1 Å². The van der Waals surface area contributed by atoms with Crippen molar-refractivity contribution in [2.75, 3.05) is 0 Å². The van der Waals surface area contributed by atoms with Gasteiger partial charge in [0.25, 0.3) is 0 Å². The Labute approximate surface area is 105 Å². The number of hydrogen-bond donors (Lipinski definition) is 1. The van der Waals surface area contributed by atoms with Crippen LogP contribution < -0.4 is 5.73 Å². The molecule has 0 aliphatic heterocycles. The van der Waals surface area contributed by atoms with Crippen molar-refractivity contribution in [3.63, 3.8) is 0 Å². The van der Waals surface area contributed by atoms with Crippen LogP contribution in [0.4, 0.5) is 0 Å². The first-order valence-corrected chi connectivity index (χ1v) is 6.29. The minimum absolute atomic E-state index is 0.00851. The van der Waals surface area contributed by atoms with Crippen molar-refractivity contribution in [3.05, 3.63) is 11.6 Å². The van der Waals surface area contributed by atoms with Gasteiger partial charge in [0.15, 0.2) is 0 Å². The van der Waals surface area contributed by atoms with Gasteiger partial charge in [0, 0.05) is 12.0 Å². The van der Waals surface area contributed by atoms with Gasteiger partial charge in [-0.1, -0.05) is 20.8 Å². The van der Waals surface area contributed by atoms with E-state index in [1.54, 1.807) is 0 Å². The fraction of sp³-hybridized carbons (Fsp3) is 0.846. The zero-order valence-electron chi connectivity index (χ0n) is 12.0. The maximum absolute atomic E-state index is 5.72. The summed E-state index contributed by atoms with van der Waals surface area (Å²) < 4.78 is 2.18. The minimum Gasteiger partial charge on any atom is -0.324 e. The zero-order valence-corrected chi connectivity index (χ0v) is 12.0. The molecule has 4 heteroatoms. The van der Waals surface area contributed by atoms with Crippen LogP contribution in [0.25, 0.3) is 0 Å². The van der Waals surface area contributed by atoms with E-state index in [9.17, 15) is 0 Å². The second kappa shape index (κ2) is 4.77. The van der Waals surface area contributed by atoms with Crippen LogP contribution in [-0.2, 0) is 18.5 Å². The smallest absolute Gasteiger partial charge is 0.147 e. The zero-order chi connectivity index (χ0) is 13.3. The van der Waals surface area contributed by atoms with Crippen LogP contribution in [0.2, 0.25) is 0 Å². The second-order valence-electron chi connectivity index (χ2n) is 6.80. The van der Waals surface area contributed by atoms with E-state index in [-0.39, 0.29) is 5.54 Å². The van der Waals surface area contributed by atoms with Gasteiger partial charge in [0.1, 0.15) is 11.6 Å². The van der Waals surface area contributed by atoms with Crippen LogP contribution in [0.5, 0.6) is 0 Å². The summed E-state index contributed by atoms with van der Waals surface area (Å²) in [6.45, 7) is 13.7. The van der Waals surface area contributed by atoms with E-state index in [0.717, 1.165) is 24.5 Å². The average molecular weight is 238 g/mol. The minimum atomic E-state index is -0.00851. The quantitative estimate of drug-likeness (QED) is 0.880. The lowest BCUT2D eigenvalue weighted by Gasteiger charge is -2.26. The van der Waals surface area contributed by atoms with Crippen molar-refractivity contribution in [1.29, 1.82) is 0 Å². The van der Waals surface area contributed by atoms with E-state index >= 15 is 0 Å². The standard InChI is InChI=1S/C13H26N4/c1-12(2,3)8-7-10-15-16-11(9-14)17(10)13(4,5)6/h7-9,14H2,1-6H3. The summed E-state index contributed by atoms with van der Waals surface area (Å²) >= 11 is 0. The van der Waals surface area contributed by atoms with E-state index in [0.29, 0.717) is 12.0 Å². The number of hydrogen-bond acceptors (Lipinski definition) is 3. The van der Waals surface area contributed by atoms with Gasteiger partial charge in [-0.25, -0.2) is 0 Å². The highest BCUT2D eigenvalue weighted by Gasteiger charge is 2.23. The third kappa shape index (κ3) is 3.80. The van der Waals surface area contributed by atoms with Crippen LogP contribution in [-0.4, -0.2) is 14.8 Å². The molecule has 2 N–H and O–H groups in total. The van der Waals surface area contributed by atoms with Gasteiger partial charge >= 0.3 is 0 Å². The van der Waals surface area contributed by atoms with Gasteiger partial charge in [-0.2, -0.15) is 0 Å². The van der Waals surface area contributed by atoms with Crippen LogP contribution in [0.15, 0.2) is 0 Å². The molecule has 1 aromatic rings. The molecule has 0 amide bonds. The summed E-state index contributed by atoms with van der Waals surface area (Å²) in [5.74, 6) is 1.93. The molecule has 0 spiro atoms. The van der Waals surface area contributed by atoms with Gasteiger partial charge in [0.05, 0.1) is 6.54 Å². The number of rotatable bonds is 3. The number of aromatic nitrogens is 3. The lowest BCUT2D eigenvalue weighted by Crippen LogP contribution is -2.28. The van der Waals surface area contributed by atoms with Crippen molar-refractivity contribution in [2.45, 2.75) is 66.5 Å². The molecule has 0 saturated carbocycles. The van der Waals surface area contributed by atoms with Gasteiger partial charge in [-0.3, -0.25) is 0 Å². The first-order valence-electron chi connectivity index (χ1n) is 6.29. The monoisotopic (exact) mass is 238 g/mol. The third-order valence-corrected chi connectivity index (χ3v) is 2.75. The fourth-order valence-corrected chi connectivity index (χ4v) is 1.91. The summed E-state index contributed by atoms with van der Waals surface area (Å²) in [5, 5.41) is 8.48. The molecule has 0 bridgehead atoms. The van der Waals surface area contributed by atoms with Gasteiger partial charge in [0.2, 0.25) is 0 Å². The lowest BCUT2D eigenvalue weighted by atomic mass is 9.90.